The summed E-state index contributed by atoms with van der Waals surface area (Å²) in [6.45, 7) is 5.88. The fourth-order valence-electron chi connectivity index (χ4n) is 2.56. The van der Waals surface area contributed by atoms with Crippen LogP contribution in [0.2, 0.25) is 0 Å². The summed E-state index contributed by atoms with van der Waals surface area (Å²) in [7, 11) is 1.70. The summed E-state index contributed by atoms with van der Waals surface area (Å²) in [6, 6.07) is 8.22. The zero-order chi connectivity index (χ0) is 15.1. The van der Waals surface area contributed by atoms with Crippen LogP contribution >= 0.6 is 24.0 Å². The van der Waals surface area contributed by atoms with Crippen molar-refractivity contribution in [2.75, 3.05) is 38.2 Å². The maximum Gasteiger partial charge on any atom is 0.188 e. The number of anilines is 1. The van der Waals surface area contributed by atoms with E-state index in [0.717, 1.165) is 44.8 Å². The maximum atomic E-state index is 5.83. The lowest BCUT2D eigenvalue weighted by atomic mass is 10.1. The summed E-state index contributed by atoms with van der Waals surface area (Å²) < 4.78 is 5.28. The number of aliphatic imine (C=N–C) groups is 1. The predicted octanol–water partition coefficient (Wildman–Crippen LogP) is 2.45. The number of ether oxygens (including phenoxy) is 1. The van der Waals surface area contributed by atoms with E-state index in [4.69, 9.17) is 10.5 Å². The van der Waals surface area contributed by atoms with Crippen LogP contribution in [0, 0.1) is 5.92 Å². The maximum absolute atomic E-state index is 5.83. The molecule has 3 N–H and O–H groups in total. The van der Waals surface area contributed by atoms with Crippen molar-refractivity contribution >= 4 is 35.6 Å². The molecule has 0 spiro atoms. The van der Waals surface area contributed by atoms with Crippen molar-refractivity contribution in [1.29, 1.82) is 0 Å². The zero-order valence-electron chi connectivity index (χ0n) is 13.4. The van der Waals surface area contributed by atoms with Crippen LogP contribution in [0.1, 0.15) is 19.8 Å². The molecule has 1 aromatic rings. The minimum Gasteiger partial charge on any atom is -0.497 e. The van der Waals surface area contributed by atoms with E-state index < -0.39 is 0 Å². The number of guanidine groups is 1. The third-order valence-electron chi connectivity index (χ3n) is 3.78. The predicted molar refractivity (Wildman–Crippen MR) is 104 cm³/mol. The average molecular weight is 418 g/mol. The second-order valence-corrected chi connectivity index (χ2v) is 5.45. The number of hydrogen-bond acceptors (Lipinski definition) is 3. The highest BCUT2D eigenvalue weighted by molar-refractivity contribution is 14.0. The van der Waals surface area contributed by atoms with Gasteiger partial charge < -0.3 is 20.7 Å². The van der Waals surface area contributed by atoms with Crippen LogP contribution in [-0.2, 0) is 0 Å². The molecule has 22 heavy (non-hydrogen) atoms. The molecule has 1 fully saturated rings. The van der Waals surface area contributed by atoms with E-state index in [1.54, 1.807) is 7.11 Å². The molecule has 1 heterocycles. The fourth-order valence-corrected chi connectivity index (χ4v) is 2.56. The lowest BCUT2D eigenvalue weighted by Gasteiger charge is -2.19. The minimum atomic E-state index is 0. The van der Waals surface area contributed by atoms with Crippen molar-refractivity contribution in [3.05, 3.63) is 24.3 Å². The third kappa shape index (κ3) is 5.55. The molecular formula is C16H27IN4O. The second-order valence-electron chi connectivity index (χ2n) is 5.45. The molecule has 1 aliphatic heterocycles. The van der Waals surface area contributed by atoms with Gasteiger partial charge >= 0.3 is 0 Å². The Balaban J connectivity index is 0.00000242. The molecule has 5 nitrogen and oxygen atoms in total. The molecule has 1 saturated heterocycles. The van der Waals surface area contributed by atoms with Crippen molar-refractivity contribution in [3.63, 3.8) is 0 Å². The van der Waals surface area contributed by atoms with Gasteiger partial charge in [-0.15, -0.1) is 24.0 Å². The van der Waals surface area contributed by atoms with Crippen LogP contribution in [0.3, 0.4) is 0 Å². The summed E-state index contributed by atoms with van der Waals surface area (Å²) in [5.74, 6) is 2.04. The number of methoxy groups -OCH3 is 1. The lowest BCUT2D eigenvalue weighted by Crippen LogP contribution is -2.32. The van der Waals surface area contributed by atoms with Crippen LogP contribution in [-0.4, -0.2) is 39.2 Å². The smallest absolute Gasteiger partial charge is 0.188 e. The lowest BCUT2D eigenvalue weighted by molar-refractivity contribution is 0.415. The van der Waals surface area contributed by atoms with Gasteiger partial charge in [0.15, 0.2) is 5.96 Å². The number of hydrogen-bond donors (Lipinski definition) is 2. The van der Waals surface area contributed by atoms with E-state index in [9.17, 15) is 0 Å². The molecule has 0 saturated carbocycles. The van der Waals surface area contributed by atoms with E-state index in [2.05, 4.69) is 34.3 Å². The van der Waals surface area contributed by atoms with Crippen molar-refractivity contribution in [2.45, 2.75) is 19.8 Å². The van der Waals surface area contributed by atoms with Gasteiger partial charge in [-0.2, -0.15) is 0 Å². The molecule has 6 heteroatoms. The summed E-state index contributed by atoms with van der Waals surface area (Å²) in [5, 5.41) is 3.11. The first kappa shape index (κ1) is 18.9. The largest absolute Gasteiger partial charge is 0.497 e. The monoisotopic (exact) mass is 418 g/mol. The van der Waals surface area contributed by atoms with Gasteiger partial charge in [-0.3, -0.25) is 4.99 Å². The van der Waals surface area contributed by atoms with E-state index in [0.29, 0.717) is 11.9 Å². The molecule has 1 atom stereocenters. The Kier molecular flexibility index (Phi) is 8.37. The highest BCUT2D eigenvalue weighted by Gasteiger charge is 2.22. The molecule has 0 aliphatic carbocycles. The number of nitrogens with zero attached hydrogens (tertiary/aromatic N) is 2. The van der Waals surface area contributed by atoms with Crippen molar-refractivity contribution < 1.29 is 4.74 Å². The van der Waals surface area contributed by atoms with Crippen molar-refractivity contribution in [1.82, 2.24) is 5.32 Å². The zero-order valence-corrected chi connectivity index (χ0v) is 15.7. The van der Waals surface area contributed by atoms with Gasteiger partial charge in [0, 0.05) is 37.9 Å². The Hall–Kier alpha value is -1.18. The van der Waals surface area contributed by atoms with Crippen LogP contribution < -0.4 is 20.7 Å². The SMILES string of the molecule is CCCNC(N)=NCC1CCN(c2cccc(OC)c2)C1.I. The molecule has 124 valence electrons. The van der Waals surface area contributed by atoms with E-state index >= 15 is 0 Å². The molecular weight excluding hydrogens is 391 g/mol. The van der Waals surface area contributed by atoms with Crippen LogP contribution in [0.5, 0.6) is 5.75 Å². The highest BCUT2D eigenvalue weighted by Crippen LogP contribution is 2.26. The number of nitrogens with one attached hydrogen (secondary N) is 1. The van der Waals surface area contributed by atoms with Gasteiger partial charge in [0.05, 0.1) is 7.11 Å². The third-order valence-corrected chi connectivity index (χ3v) is 3.78. The van der Waals surface area contributed by atoms with Gasteiger partial charge in [-0.05, 0) is 30.9 Å². The molecule has 0 radical (unpaired) electrons. The molecule has 2 rings (SSSR count). The Morgan fingerprint density at radius 2 is 2.32 bits per heavy atom. The Labute approximate surface area is 150 Å². The van der Waals surface area contributed by atoms with Crippen molar-refractivity contribution in [2.24, 2.45) is 16.6 Å². The Morgan fingerprint density at radius 3 is 3.05 bits per heavy atom. The fraction of sp³-hybridized carbons (Fsp3) is 0.562. The van der Waals surface area contributed by atoms with Crippen molar-refractivity contribution in [3.8, 4) is 5.75 Å². The quantitative estimate of drug-likeness (QED) is 0.423. The van der Waals surface area contributed by atoms with Crippen LogP contribution in [0.15, 0.2) is 29.3 Å². The van der Waals surface area contributed by atoms with Gasteiger partial charge in [-0.1, -0.05) is 13.0 Å². The van der Waals surface area contributed by atoms with Crippen LogP contribution in [0.25, 0.3) is 0 Å². The first-order valence-corrected chi connectivity index (χ1v) is 7.65. The van der Waals surface area contributed by atoms with Gasteiger partial charge in [-0.25, -0.2) is 0 Å². The summed E-state index contributed by atoms with van der Waals surface area (Å²) >= 11 is 0. The molecule has 0 bridgehead atoms. The van der Waals surface area contributed by atoms with E-state index in [1.165, 1.54) is 5.69 Å². The average Bonchev–Trinajstić information content (AvgIpc) is 3.00. The number of rotatable bonds is 6. The number of nitrogens with two attached hydrogens (primary N) is 1. The van der Waals surface area contributed by atoms with Gasteiger partial charge in [0.25, 0.3) is 0 Å². The summed E-state index contributed by atoms with van der Waals surface area (Å²) in [6.07, 6.45) is 2.21. The second kappa shape index (κ2) is 9.76. The van der Waals surface area contributed by atoms with E-state index in [1.807, 2.05) is 12.1 Å². The highest BCUT2D eigenvalue weighted by atomic mass is 127. The topological polar surface area (TPSA) is 62.9 Å². The molecule has 1 unspecified atom stereocenters. The van der Waals surface area contributed by atoms with Crippen LogP contribution in [0.4, 0.5) is 5.69 Å². The molecule has 1 aliphatic rings. The normalized spacial score (nSPS) is 18.0. The first-order valence-electron chi connectivity index (χ1n) is 7.65. The van der Waals surface area contributed by atoms with E-state index in [-0.39, 0.29) is 24.0 Å². The minimum absolute atomic E-state index is 0. The van der Waals surface area contributed by atoms with Gasteiger partial charge in [0.2, 0.25) is 0 Å². The Bertz CT molecular complexity index is 481. The first-order chi connectivity index (χ1) is 10.2. The molecule has 0 amide bonds. The Morgan fingerprint density at radius 1 is 1.50 bits per heavy atom. The molecule has 1 aromatic carbocycles. The summed E-state index contributed by atoms with van der Waals surface area (Å²) in [5.41, 5.74) is 7.05. The summed E-state index contributed by atoms with van der Waals surface area (Å²) in [4.78, 5) is 6.82. The standard InChI is InChI=1S/C16H26N4O.HI/c1-3-8-18-16(17)19-11-13-7-9-20(12-13)14-5-4-6-15(10-14)21-2;/h4-6,10,13H,3,7-9,11-12H2,1-2H3,(H3,17,18,19);1H. The van der Waals surface area contributed by atoms with Gasteiger partial charge in [0.1, 0.15) is 5.75 Å². The number of benzene rings is 1. The number of halogens is 1. The molecule has 0 aromatic heterocycles.